The fourth-order valence-electron chi connectivity index (χ4n) is 2.19. The molecule has 0 bridgehead atoms. The first-order valence-corrected chi connectivity index (χ1v) is 6.24. The molecule has 1 fully saturated rings. The van der Waals surface area contributed by atoms with Crippen LogP contribution in [0.5, 0.6) is 0 Å². The van der Waals surface area contributed by atoms with Crippen LogP contribution in [0.2, 0.25) is 0 Å². The highest BCUT2D eigenvalue weighted by Crippen LogP contribution is 2.23. The largest absolute Gasteiger partial charge is 0.369 e. The third-order valence-corrected chi connectivity index (χ3v) is 3.53. The van der Waals surface area contributed by atoms with E-state index >= 15 is 0 Å². The van der Waals surface area contributed by atoms with Gasteiger partial charge in [0.2, 0.25) is 11.8 Å². The van der Waals surface area contributed by atoms with Gasteiger partial charge in [-0.25, -0.2) is 0 Å². The minimum atomic E-state index is -0.304. The van der Waals surface area contributed by atoms with E-state index in [1.807, 2.05) is 13.8 Å². The standard InChI is InChI=1S/C12H23N3O2/c1-8(6-13)5-11(16)15-7-10(12(14)17)4-3-9(15)2/h8-10H,3-7,13H2,1-2H3,(H2,14,17). The van der Waals surface area contributed by atoms with Crippen molar-refractivity contribution in [3.05, 3.63) is 0 Å². The van der Waals surface area contributed by atoms with Crippen LogP contribution in [0.3, 0.4) is 0 Å². The second-order valence-electron chi connectivity index (χ2n) is 5.12. The molecule has 0 aromatic carbocycles. The molecule has 0 saturated carbocycles. The molecule has 0 aliphatic carbocycles. The minimum Gasteiger partial charge on any atom is -0.369 e. The zero-order valence-corrected chi connectivity index (χ0v) is 10.7. The Kier molecular flexibility index (Phi) is 4.93. The van der Waals surface area contributed by atoms with Crippen molar-refractivity contribution in [2.45, 2.75) is 39.2 Å². The number of piperidine rings is 1. The van der Waals surface area contributed by atoms with Crippen LogP contribution in [0.15, 0.2) is 0 Å². The van der Waals surface area contributed by atoms with Gasteiger partial charge < -0.3 is 16.4 Å². The van der Waals surface area contributed by atoms with Crippen LogP contribution in [0, 0.1) is 11.8 Å². The second-order valence-corrected chi connectivity index (χ2v) is 5.12. The minimum absolute atomic E-state index is 0.0846. The maximum atomic E-state index is 12.1. The van der Waals surface area contributed by atoms with Crippen molar-refractivity contribution in [3.8, 4) is 0 Å². The highest BCUT2D eigenvalue weighted by molar-refractivity contribution is 5.80. The predicted molar refractivity (Wildman–Crippen MR) is 65.9 cm³/mol. The van der Waals surface area contributed by atoms with Crippen molar-refractivity contribution < 1.29 is 9.59 Å². The number of nitrogens with zero attached hydrogens (tertiary/aromatic N) is 1. The fraction of sp³-hybridized carbons (Fsp3) is 0.833. The molecule has 2 amide bonds. The summed E-state index contributed by atoms with van der Waals surface area (Å²) in [6, 6.07) is 0.197. The van der Waals surface area contributed by atoms with E-state index in [4.69, 9.17) is 11.5 Å². The molecule has 17 heavy (non-hydrogen) atoms. The molecule has 1 heterocycles. The van der Waals surface area contributed by atoms with Crippen molar-refractivity contribution in [1.29, 1.82) is 0 Å². The van der Waals surface area contributed by atoms with Crippen molar-refractivity contribution in [2.75, 3.05) is 13.1 Å². The molecular weight excluding hydrogens is 218 g/mol. The number of amides is 2. The summed E-state index contributed by atoms with van der Waals surface area (Å²) in [4.78, 5) is 25.0. The second kappa shape index (κ2) is 6.00. The summed E-state index contributed by atoms with van der Waals surface area (Å²) in [5, 5.41) is 0. The summed E-state index contributed by atoms with van der Waals surface area (Å²) >= 11 is 0. The van der Waals surface area contributed by atoms with Crippen LogP contribution in [-0.2, 0) is 9.59 Å². The van der Waals surface area contributed by atoms with Crippen LogP contribution in [0.25, 0.3) is 0 Å². The first kappa shape index (κ1) is 14.0. The van der Waals surface area contributed by atoms with E-state index in [1.54, 1.807) is 4.90 Å². The van der Waals surface area contributed by atoms with E-state index in [0.717, 1.165) is 12.8 Å². The first-order valence-electron chi connectivity index (χ1n) is 6.24. The van der Waals surface area contributed by atoms with Crippen molar-refractivity contribution in [1.82, 2.24) is 4.90 Å². The van der Waals surface area contributed by atoms with Gasteiger partial charge in [-0.05, 0) is 32.2 Å². The van der Waals surface area contributed by atoms with Crippen LogP contribution in [0.4, 0.5) is 0 Å². The summed E-state index contributed by atoms with van der Waals surface area (Å²) < 4.78 is 0. The number of primary amides is 1. The number of likely N-dealkylation sites (tertiary alicyclic amines) is 1. The van der Waals surface area contributed by atoms with E-state index < -0.39 is 0 Å². The Morgan fingerprint density at radius 2 is 2.06 bits per heavy atom. The molecule has 5 nitrogen and oxygen atoms in total. The van der Waals surface area contributed by atoms with Gasteiger partial charge in [-0.1, -0.05) is 6.92 Å². The number of carbonyl (C=O) groups excluding carboxylic acids is 2. The average molecular weight is 241 g/mol. The third-order valence-electron chi connectivity index (χ3n) is 3.53. The van der Waals surface area contributed by atoms with Gasteiger partial charge in [0.25, 0.3) is 0 Å². The number of nitrogens with two attached hydrogens (primary N) is 2. The van der Waals surface area contributed by atoms with Crippen molar-refractivity contribution >= 4 is 11.8 Å². The zero-order valence-electron chi connectivity index (χ0n) is 10.7. The third kappa shape index (κ3) is 3.70. The molecule has 1 rings (SSSR count). The molecule has 0 radical (unpaired) electrons. The van der Waals surface area contributed by atoms with E-state index in [1.165, 1.54) is 0 Å². The number of carbonyl (C=O) groups is 2. The summed E-state index contributed by atoms with van der Waals surface area (Å²) in [5.41, 5.74) is 10.8. The Morgan fingerprint density at radius 3 is 2.59 bits per heavy atom. The van der Waals surface area contributed by atoms with E-state index in [2.05, 4.69) is 0 Å². The van der Waals surface area contributed by atoms with Gasteiger partial charge in [0, 0.05) is 19.0 Å². The lowest BCUT2D eigenvalue weighted by Gasteiger charge is -2.37. The van der Waals surface area contributed by atoms with Gasteiger partial charge in [0.05, 0.1) is 5.92 Å². The monoisotopic (exact) mass is 241 g/mol. The first-order chi connectivity index (χ1) is 7.95. The Balaban J connectivity index is 2.60. The lowest BCUT2D eigenvalue weighted by Crippen LogP contribution is -2.49. The van der Waals surface area contributed by atoms with E-state index in [9.17, 15) is 9.59 Å². The van der Waals surface area contributed by atoms with Gasteiger partial charge in [0.1, 0.15) is 0 Å². The molecule has 1 saturated heterocycles. The topological polar surface area (TPSA) is 89.4 Å². The lowest BCUT2D eigenvalue weighted by atomic mass is 9.92. The fourth-order valence-corrected chi connectivity index (χ4v) is 2.19. The quantitative estimate of drug-likeness (QED) is 0.730. The molecule has 0 spiro atoms. The van der Waals surface area contributed by atoms with Gasteiger partial charge >= 0.3 is 0 Å². The van der Waals surface area contributed by atoms with Crippen LogP contribution in [-0.4, -0.2) is 35.8 Å². The Bertz CT molecular complexity index is 293. The van der Waals surface area contributed by atoms with Gasteiger partial charge in [0.15, 0.2) is 0 Å². The Labute approximate surface area is 103 Å². The summed E-state index contributed by atoms with van der Waals surface area (Å²) in [5.74, 6) is -0.227. The predicted octanol–water partition coefficient (Wildman–Crippen LogP) is 0.0837. The summed E-state index contributed by atoms with van der Waals surface area (Å²) in [7, 11) is 0. The normalized spacial score (nSPS) is 26.6. The van der Waals surface area contributed by atoms with Crippen molar-refractivity contribution in [2.24, 2.45) is 23.3 Å². The maximum absolute atomic E-state index is 12.1. The molecule has 98 valence electrons. The molecule has 4 N–H and O–H groups in total. The lowest BCUT2D eigenvalue weighted by molar-refractivity contribution is -0.138. The maximum Gasteiger partial charge on any atom is 0.223 e. The summed E-state index contributed by atoms with van der Waals surface area (Å²) in [6.45, 7) is 4.94. The average Bonchev–Trinajstić information content (AvgIpc) is 2.28. The number of hydrogen-bond donors (Lipinski definition) is 2. The Morgan fingerprint density at radius 1 is 1.41 bits per heavy atom. The number of rotatable bonds is 4. The number of hydrogen-bond acceptors (Lipinski definition) is 3. The van der Waals surface area contributed by atoms with Gasteiger partial charge in [-0.2, -0.15) is 0 Å². The molecule has 3 unspecified atom stereocenters. The van der Waals surface area contributed by atoms with Crippen molar-refractivity contribution in [3.63, 3.8) is 0 Å². The highest BCUT2D eigenvalue weighted by atomic mass is 16.2. The molecule has 1 aliphatic rings. The SMILES string of the molecule is CC(CN)CC(=O)N1CC(C(N)=O)CCC1C. The molecular formula is C12H23N3O2. The molecule has 0 aromatic heterocycles. The molecule has 3 atom stereocenters. The van der Waals surface area contributed by atoms with E-state index in [-0.39, 0.29) is 29.7 Å². The smallest absolute Gasteiger partial charge is 0.223 e. The summed E-state index contributed by atoms with van der Waals surface area (Å²) in [6.07, 6.45) is 2.08. The van der Waals surface area contributed by atoms with Crippen LogP contribution in [0.1, 0.15) is 33.1 Å². The van der Waals surface area contributed by atoms with Crippen LogP contribution < -0.4 is 11.5 Å². The van der Waals surface area contributed by atoms with Crippen LogP contribution >= 0.6 is 0 Å². The molecule has 0 aromatic rings. The van der Waals surface area contributed by atoms with Gasteiger partial charge in [-0.15, -0.1) is 0 Å². The zero-order chi connectivity index (χ0) is 13.0. The Hall–Kier alpha value is -1.10. The van der Waals surface area contributed by atoms with E-state index in [0.29, 0.717) is 19.5 Å². The highest BCUT2D eigenvalue weighted by Gasteiger charge is 2.31. The van der Waals surface area contributed by atoms with Gasteiger partial charge in [-0.3, -0.25) is 9.59 Å². The molecule has 5 heteroatoms. The molecule has 1 aliphatic heterocycles.